The number of hydrogen-bond donors (Lipinski definition) is 5. The van der Waals surface area contributed by atoms with Gasteiger partial charge in [0.15, 0.2) is 13.5 Å². The summed E-state index contributed by atoms with van der Waals surface area (Å²) in [5.41, 5.74) is 11.9. The first-order valence-corrected chi connectivity index (χ1v) is 21.1. The van der Waals surface area contributed by atoms with E-state index in [-0.39, 0.29) is 70.1 Å². The molecule has 20 heteroatoms. The van der Waals surface area contributed by atoms with Crippen LogP contribution in [0.5, 0.6) is 11.8 Å². The number of amides is 3. The molecule has 3 aliphatic rings. The molecule has 0 saturated heterocycles. The molecule has 6 N–H and O–H groups in total. The van der Waals surface area contributed by atoms with Crippen LogP contribution < -0.4 is 35.6 Å². The van der Waals surface area contributed by atoms with Crippen molar-refractivity contribution in [3.63, 3.8) is 0 Å². The Balaban J connectivity index is 0.894. The maximum absolute atomic E-state index is 13.6. The summed E-state index contributed by atoms with van der Waals surface area (Å²) in [5.74, 6) is -0.945. The lowest BCUT2D eigenvalue weighted by atomic mass is 9.96. The van der Waals surface area contributed by atoms with E-state index in [4.69, 9.17) is 61.6 Å². The van der Waals surface area contributed by atoms with Gasteiger partial charge in [0.1, 0.15) is 11.1 Å². The van der Waals surface area contributed by atoms with Gasteiger partial charge in [-0.25, -0.2) is 9.97 Å². The van der Waals surface area contributed by atoms with Gasteiger partial charge in [0.25, 0.3) is 11.8 Å². The minimum Gasteiger partial charge on any atom is -0.455 e. The number of carbonyl (C=O) groups is 3. The summed E-state index contributed by atoms with van der Waals surface area (Å²) in [6.07, 6.45) is 7.17. The van der Waals surface area contributed by atoms with Crippen LogP contribution >= 0.6 is 46.4 Å². The van der Waals surface area contributed by atoms with Gasteiger partial charge in [0, 0.05) is 58.0 Å². The summed E-state index contributed by atoms with van der Waals surface area (Å²) in [4.78, 5) is 67.4. The van der Waals surface area contributed by atoms with E-state index >= 15 is 0 Å². The molecule has 0 radical (unpaired) electrons. The molecule has 2 aliphatic heterocycles. The van der Waals surface area contributed by atoms with Crippen LogP contribution in [0.4, 0.5) is 34.6 Å². The van der Waals surface area contributed by atoms with Gasteiger partial charge in [-0.05, 0) is 78.4 Å². The highest BCUT2D eigenvalue weighted by atomic mass is 35.5. The van der Waals surface area contributed by atoms with E-state index in [1.807, 2.05) is 30.5 Å². The van der Waals surface area contributed by atoms with Gasteiger partial charge >= 0.3 is 0 Å². The standard InChI is InChI=1S/C44H29Cl4N11O5/c45-28-3-1-4-29(46)36(28)58-17-63-39-26(41(58)61)15-52-43(56-39)54-19-11-22(20-7-9-50-32(20)12-19)23-13-24(23)34-33(14-25(38(49)60)21-8-10-51-35(21)34)55-44-53-16-27-40(57-44)64-18-59(42(27)62)37-30(47)5-2-6-31(37)48/h1-12,14-16,23-24,50-51H,13,17-18H2,(H2,49,60)(H,52,54,56)(H,53,55,57). The lowest BCUT2D eigenvalue weighted by molar-refractivity contribution is 0.0924. The van der Waals surface area contributed by atoms with Gasteiger partial charge in [-0.15, -0.1) is 0 Å². The fourth-order valence-corrected chi connectivity index (χ4v) is 9.68. The van der Waals surface area contributed by atoms with Gasteiger partial charge in [0.05, 0.1) is 42.5 Å². The Bertz CT molecular complexity index is 3260. The van der Waals surface area contributed by atoms with Crippen LogP contribution in [0.1, 0.15) is 60.5 Å². The zero-order valence-corrected chi connectivity index (χ0v) is 35.8. The number of anilines is 6. The lowest BCUT2D eigenvalue weighted by Gasteiger charge is -2.29. The predicted molar refractivity (Wildman–Crippen MR) is 243 cm³/mol. The van der Waals surface area contributed by atoms with Gasteiger partial charge in [-0.1, -0.05) is 58.5 Å². The second-order valence-corrected chi connectivity index (χ2v) is 16.8. The van der Waals surface area contributed by atoms with Crippen LogP contribution in [0, 0.1) is 0 Å². The van der Waals surface area contributed by atoms with Crippen molar-refractivity contribution in [3.05, 3.63) is 139 Å². The first-order chi connectivity index (χ1) is 31.0. The Labute approximate surface area is 381 Å². The number of benzene rings is 4. The van der Waals surface area contributed by atoms with Crippen LogP contribution in [0.15, 0.2) is 91.5 Å². The average Bonchev–Trinajstić information content (AvgIpc) is 3.62. The Hall–Kier alpha value is -7.11. The number of ether oxygens (including phenoxy) is 2. The quantitative estimate of drug-likeness (QED) is 0.0920. The number of aromatic amines is 2. The Morgan fingerprint density at radius 3 is 1.88 bits per heavy atom. The molecule has 0 bridgehead atoms. The smallest absolute Gasteiger partial charge is 0.268 e. The van der Waals surface area contributed by atoms with Crippen molar-refractivity contribution in [2.45, 2.75) is 18.3 Å². The van der Waals surface area contributed by atoms with Crippen LogP contribution in [0.2, 0.25) is 20.1 Å². The van der Waals surface area contributed by atoms with Gasteiger partial charge in [0.2, 0.25) is 29.6 Å². The van der Waals surface area contributed by atoms with Crippen molar-refractivity contribution < 1.29 is 23.9 Å². The van der Waals surface area contributed by atoms with Crippen LogP contribution in [-0.4, -0.2) is 61.1 Å². The zero-order chi connectivity index (χ0) is 44.0. The number of H-pyrrole nitrogens is 2. The van der Waals surface area contributed by atoms with Gasteiger partial charge in [-0.2, -0.15) is 9.97 Å². The molecule has 2 atom stereocenters. The fourth-order valence-electron chi connectivity index (χ4n) is 8.48. The number of aromatic nitrogens is 6. The molecular weight excluding hydrogens is 904 g/mol. The third-order valence-corrected chi connectivity index (χ3v) is 12.7. The van der Waals surface area contributed by atoms with Crippen molar-refractivity contribution in [2.75, 3.05) is 33.9 Å². The third-order valence-electron chi connectivity index (χ3n) is 11.4. The number of carbonyl (C=O) groups excluding carboxylic acids is 3. The molecule has 1 aliphatic carbocycles. The number of rotatable bonds is 9. The number of nitrogens with one attached hydrogen (secondary N) is 4. The second-order valence-electron chi connectivity index (χ2n) is 15.2. The van der Waals surface area contributed by atoms with Crippen LogP contribution in [-0.2, 0) is 0 Å². The Kier molecular flexibility index (Phi) is 9.50. The molecule has 2 unspecified atom stereocenters. The largest absolute Gasteiger partial charge is 0.455 e. The molecule has 4 aromatic carbocycles. The van der Waals surface area contributed by atoms with Crippen molar-refractivity contribution >= 4 is 121 Å². The number of fused-ring (bicyclic) bond motifs is 4. The van der Waals surface area contributed by atoms with Crippen molar-refractivity contribution in [3.8, 4) is 11.8 Å². The minimum atomic E-state index is -0.612. The second kappa shape index (κ2) is 15.3. The Morgan fingerprint density at radius 1 is 0.719 bits per heavy atom. The SMILES string of the molecule is NC(=O)c1cc(Nc2ncc3c(n2)OCN(c2c(Cl)cccc2Cl)C3=O)c(C2CC2c2cc(Nc3ncc4c(n3)OCN(c3c(Cl)cccc3Cl)C4=O)cc3[nH]ccc23)c2[nH]ccc12. The summed E-state index contributed by atoms with van der Waals surface area (Å²) in [7, 11) is 0. The van der Waals surface area contributed by atoms with E-state index in [0.717, 1.165) is 34.0 Å². The van der Waals surface area contributed by atoms with E-state index in [1.54, 1.807) is 48.7 Å². The normalized spacial score (nSPS) is 16.6. The summed E-state index contributed by atoms with van der Waals surface area (Å²) in [6, 6.07) is 19.5. The predicted octanol–water partition coefficient (Wildman–Crippen LogP) is 9.69. The zero-order valence-electron chi connectivity index (χ0n) is 32.8. The number of primary amides is 1. The van der Waals surface area contributed by atoms with Crippen LogP contribution in [0.3, 0.4) is 0 Å². The fraction of sp³-hybridized carbons (Fsp3) is 0.114. The third kappa shape index (κ3) is 6.64. The molecular formula is C44H29Cl4N11O5. The molecule has 16 nitrogen and oxygen atoms in total. The van der Waals surface area contributed by atoms with Crippen LogP contribution in [0.25, 0.3) is 21.8 Å². The lowest BCUT2D eigenvalue weighted by Crippen LogP contribution is -2.39. The van der Waals surface area contributed by atoms with Crippen molar-refractivity contribution in [2.24, 2.45) is 5.73 Å². The maximum Gasteiger partial charge on any atom is 0.268 e. The first kappa shape index (κ1) is 39.7. The van der Waals surface area contributed by atoms with E-state index < -0.39 is 17.7 Å². The highest BCUT2D eigenvalue weighted by Gasteiger charge is 2.44. The topological polar surface area (TPSA) is 209 Å². The molecule has 1 saturated carbocycles. The monoisotopic (exact) mass is 931 g/mol. The number of halogens is 4. The number of para-hydroxylation sites is 2. The van der Waals surface area contributed by atoms with Crippen molar-refractivity contribution in [1.82, 2.24) is 29.9 Å². The summed E-state index contributed by atoms with van der Waals surface area (Å²) < 4.78 is 11.9. The van der Waals surface area contributed by atoms with Gasteiger partial charge in [-0.3, -0.25) is 24.2 Å². The molecule has 64 heavy (non-hydrogen) atoms. The molecule has 11 rings (SSSR count). The minimum absolute atomic E-state index is 0.0209. The van der Waals surface area contributed by atoms with E-state index in [9.17, 15) is 14.4 Å². The summed E-state index contributed by atoms with van der Waals surface area (Å²) in [5, 5.41) is 9.48. The van der Waals surface area contributed by atoms with Gasteiger partial charge < -0.3 is 35.8 Å². The highest BCUT2D eigenvalue weighted by molar-refractivity contribution is 6.41. The molecule has 318 valence electrons. The maximum atomic E-state index is 13.6. The van der Waals surface area contributed by atoms with E-state index in [0.29, 0.717) is 43.7 Å². The Morgan fingerprint density at radius 2 is 1.28 bits per heavy atom. The average molecular weight is 934 g/mol. The number of nitrogens with two attached hydrogens (primary N) is 1. The molecule has 4 aromatic heterocycles. The number of hydrogen-bond acceptors (Lipinski definition) is 11. The molecule has 8 aromatic rings. The molecule has 6 heterocycles. The first-order valence-electron chi connectivity index (χ1n) is 19.6. The number of nitrogens with zero attached hydrogens (tertiary/aromatic N) is 6. The van der Waals surface area contributed by atoms with E-state index in [1.165, 1.54) is 22.2 Å². The molecule has 0 spiro atoms. The van der Waals surface area contributed by atoms with Crippen molar-refractivity contribution in [1.29, 1.82) is 0 Å². The summed E-state index contributed by atoms with van der Waals surface area (Å²) in [6.45, 7) is -0.336. The molecule has 3 amide bonds. The highest BCUT2D eigenvalue weighted by Crippen LogP contribution is 2.59. The molecule has 1 fully saturated rings. The van der Waals surface area contributed by atoms with E-state index in [2.05, 4.69) is 40.5 Å². The summed E-state index contributed by atoms with van der Waals surface area (Å²) >= 11 is 25.6.